The maximum atomic E-state index is 13.8. The zero-order valence-electron chi connectivity index (χ0n) is 42.8. The molecule has 2 aliphatic rings. The lowest BCUT2D eigenvalue weighted by Gasteiger charge is -2.25. The first-order valence-corrected chi connectivity index (χ1v) is 21.6. The second-order valence-corrected chi connectivity index (χ2v) is 15.2. The predicted octanol–water partition coefficient (Wildman–Crippen LogP) is 12.2. The molecule has 4 aromatic carbocycles. The summed E-state index contributed by atoms with van der Waals surface area (Å²) < 4.78 is 93.4. The number of hydrogen-bond acceptors (Lipinski definition) is 8. The molecule has 8 heteroatoms. The quantitative estimate of drug-likeness (QED) is 0.0349. The van der Waals surface area contributed by atoms with Gasteiger partial charge >= 0.3 is 11.9 Å². The molecule has 0 aliphatic heterocycles. The van der Waals surface area contributed by atoms with Crippen LogP contribution >= 0.6 is 0 Å². The van der Waals surface area contributed by atoms with Gasteiger partial charge in [-0.05, 0) is 115 Å². The van der Waals surface area contributed by atoms with Gasteiger partial charge in [-0.3, -0.25) is 9.59 Å². The molecule has 4 aromatic rings. The fraction of sp³-hybridized carbons (Fsp3) is 0.434. The van der Waals surface area contributed by atoms with Gasteiger partial charge in [0.25, 0.3) is 0 Å². The monoisotopic (exact) mass is 828 g/mol. The van der Waals surface area contributed by atoms with Gasteiger partial charge in [0.15, 0.2) is 0 Å². The van der Waals surface area contributed by atoms with Crippen molar-refractivity contribution in [3.05, 3.63) is 120 Å². The highest BCUT2D eigenvalue weighted by atomic mass is 16.5. The summed E-state index contributed by atoms with van der Waals surface area (Å²) >= 11 is 0. The lowest BCUT2D eigenvalue weighted by Crippen LogP contribution is -2.35. The molecule has 61 heavy (non-hydrogen) atoms. The minimum absolute atomic E-state index is 0.236. The minimum Gasteiger partial charge on any atom is -0.494 e. The molecule has 0 N–H and O–H groups in total. The smallest absolute Gasteiger partial charge is 0.310 e. The number of unbranched alkanes of at least 4 members (excludes halogenated alkanes) is 12. The second kappa shape index (κ2) is 24.4. The maximum Gasteiger partial charge on any atom is 0.310 e. The molecule has 0 amide bonds. The number of nitriles is 2. The first-order chi connectivity index (χ1) is 33.1. The normalized spacial score (nSPS) is 25.2. The molecule has 318 valence electrons. The van der Waals surface area contributed by atoms with Crippen LogP contribution < -0.4 is 9.47 Å². The average Bonchev–Trinajstić information content (AvgIpc) is 3.53. The van der Waals surface area contributed by atoms with Gasteiger partial charge in [-0.25, -0.2) is 0 Å². The highest BCUT2D eigenvalue weighted by Crippen LogP contribution is 2.49. The Morgan fingerprint density at radius 2 is 0.787 bits per heavy atom. The first-order valence-electron chi connectivity index (χ1n) is 25.6. The van der Waals surface area contributed by atoms with Gasteiger partial charge in [0.1, 0.15) is 11.5 Å². The number of nitrogens with zero attached hydrogens (tertiary/aromatic N) is 2. The fourth-order valence-electron chi connectivity index (χ4n) is 7.21. The van der Waals surface area contributed by atoms with Gasteiger partial charge < -0.3 is 18.9 Å². The van der Waals surface area contributed by atoms with Gasteiger partial charge in [0.2, 0.25) is 0 Å². The molecule has 0 aromatic heterocycles. The van der Waals surface area contributed by atoms with Gasteiger partial charge in [-0.15, -0.1) is 0 Å². The van der Waals surface area contributed by atoms with E-state index < -0.39 is 54.0 Å². The molecular weight excluding hydrogens is 761 g/mol. The van der Waals surface area contributed by atoms with Crippen LogP contribution in [-0.4, -0.2) is 38.4 Å². The molecule has 2 aliphatic carbocycles. The fourth-order valence-corrected chi connectivity index (χ4v) is 7.21. The first kappa shape index (κ1) is 34.8. The second-order valence-electron chi connectivity index (χ2n) is 15.2. The highest BCUT2D eigenvalue weighted by Gasteiger charge is 2.53. The van der Waals surface area contributed by atoms with Crippen molar-refractivity contribution in [1.82, 2.24) is 0 Å². The van der Waals surface area contributed by atoms with Gasteiger partial charge in [0, 0.05) is 8.22 Å². The number of carbonyl (C=O) groups is 2. The summed E-state index contributed by atoms with van der Waals surface area (Å²) in [6.07, 6.45) is 7.68. The Labute approximate surface area is 373 Å². The van der Waals surface area contributed by atoms with Crippen molar-refractivity contribution < 1.29 is 39.5 Å². The third-order valence-electron chi connectivity index (χ3n) is 10.7. The van der Waals surface area contributed by atoms with Crippen molar-refractivity contribution in [1.29, 1.82) is 10.5 Å². The highest BCUT2D eigenvalue weighted by molar-refractivity contribution is 5.84. The average molecular weight is 829 g/mol. The number of benzene rings is 4. The summed E-state index contributed by atoms with van der Waals surface area (Å²) in [6.45, 7) is 0.664. The van der Waals surface area contributed by atoms with E-state index >= 15 is 0 Å². The predicted molar refractivity (Wildman–Crippen MR) is 238 cm³/mol. The summed E-state index contributed by atoms with van der Waals surface area (Å²) in [4.78, 5) is 27.6. The van der Waals surface area contributed by atoms with E-state index in [4.69, 9.17) is 37.7 Å². The van der Waals surface area contributed by atoms with Gasteiger partial charge in [0.05, 0.1) is 64.2 Å². The topological polar surface area (TPSA) is 119 Å². The van der Waals surface area contributed by atoms with E-state index in [0.717, 1.165) is 98.0 Å². The van der Waals surface area contributed by atoms with Crippen LogP contribution in [0.25, 0.3) is 22.3 Å². The molecule has 1 fully saturated rings. The third kappa shape index (κ3) is 13.8. The molecule has 8 nitrogen and oxygen atoms in total. The number of ether oxygens (including phenoxy) is 4. The van der Waals surface area contributed by atoms with Crippen LogP contribution in [0.5, 0.6) is 11.5 Å². The number of carbonyl (C=O) groups excluding carboxylic acids is 2. The molecule has 0 heterocycles. The van der Waals surface area contributed by atoms with Crippen LogP contribution in [0.15, 0.2) is 109 Å². The van der Waals surface area contributed by atoms with E-state index in [1.165, 1.54) is 0 Å². The molecule has 1 saturated carbocycles. The largest absolute Gasteiger partial charge is 0.494 e. The lowest BCUT2D eigenvalue weighted by molar-refractivity contribution is -0.161. The number of esters is 2. The number of fused-ring (bicyclic) bond motifs is 2. The van der Waals surface area contributed by atoms with E-state index in [9.17, 15) is 12.3 Å². The van der Waals surface area contributed by atoms with E-state index in [-0.39, 0.29) is 13.2 Å². The third-order valence-corrected chi connectivity index (χ3v) is 10.7. The minimum atomic E-state index is -3.40. The number of hydrogen-bond donors (Lipinski definition) is 0. The van der Waals surface area contributed by atoms with Crippen molar-refractivity contribution in [2.75, 3.05) is 26.4 Å². The maximum absolute atomic E-state index is 13.8. The van der Waals surface area contributed by atoms with Crippen LogP contribution in [0.4, 0.5) is 0 Å². The Morgan fingerprint density at radius 1 is 0.492 bits per heavy atom. The molecule has 6 rings (SSSR count). The number of rotatable bonds is 26. The molecule has 4 atom stereocenters. The summed E-state index contributed by atoms with van der Waals surface area (Å²) in [7, 11) is 0. The Morgan fingerprint density at radius 3 is 1.11 bits per heavy atom. The van der Waals surface area contributed by atoms with E-state index in [1.54, 1.807) is 24.3 Å². The molecule has 0 radical (unpaired) electrons. The Kier molecular flexibility index (Phi) is 13.9. The lowest BCUT2D eigenvalue weighted by atomic mass is 9.83. The van der Waals surface area contributed by atoms with E-state index in [0.29, 0.717) is 50.0 Å². The van der Waals surface area contributed by atoms with E-state index in [1.807, 2.05) is 72.8 Å². The van der Waals surface area contributed by atoms with Crippen molar-refractivity contribution >= 4 is 11.9 Å². The van der Waals surface area contributed by atoms with Gasteiger partial charge in [-0.2, -0.15) is 10.5 Å². The van der Waals surface area contributed by atoms with Crippen molar-refractivity contribution in [2.45, 2.75) is 96.3 Å². The molecule has 4 unspecified atom stereocenters. The van der Waals surface area contributed by atoms with Gasteiger partial charge in [-0.1, -0.05) is 125 Å². The SMILES string of the molecule is [2H]C1=C([2H])C2([2H])C([2H])([2H])C1([2H])C([2H])(C(=O)OCCCCCCCCCOc1ccc(-c3ccc(C#N)cc3)cc1)C2([2H])C(=O)OCCCCCCCCCOc1ccc(-c2ccc(C#N)cc2)cc1. The van der Waals surface area contributed by atoms with Crippen LogP contribution in [0, 0.1) is 46.2 Å². The van der Waals surface area contributed by atoms with Crippen LogP contribution in [0.1, 0.15) is 118 Å². The molecule has 0 spiro atoms. The summed E-state index contributed by atoms with van der Waals surface area (Å²) in [6, 6.07) is 32.4. The molecule has 0 saturated heterocycles. The Hall–Kier alpha value is -5.86. The zero-order valence-corrected chi connectivity index (χ0v) is 34.8. The summed E-state index contributed by atoms with van der Waals surface area (Å²) in [5.41, 5.74) is 5.32. The number of allylic oxidation sites excluding steroid dienone is 2. The Balaban J connectivity index is 0.868. The summed E-state index contributed by atoms with van der Waals surface area (Å²) in [5.74, 6) is -14.9. The molecular formula is C53H60N2O6. The van der Waals surface area contributed by atoms with Crippen LogP contribution in [-0.2, 0) is 19.1 Å². The summed E-state index contributed by atoms with van der Waals surface area (Å²) in [5, 5.41) is 18.0. The van der Waals surface area contributed by atoms with Crippen LogP contribution in [0.2, 0.25) is 0 Å². The molecule has 2 bridgehead atoms. The van der Waals surface area contributed by atoms with Crippen molar-refractivity contribution in [3.8, 4) is 45.9 Å². The van der Waals surface area contributed by atoms with Crippen molar-refractivity contribution in [3.63, 3.8) is 0 Å². The standard InChI is InChI=1S/C53H60N2O6/c54-38-40-15-19-42(20-16-40)44-25-29-48(30-26-44)58-33-11-7-3-1-5-9-13-35-60-52(56)50-46-23-24-47(37-46)51(50)53(57)61-36-14-10-6-2-4-8-12-34-59-49-31-27-45(28-32-49)43-21-17-41(39-55)18-22-43/h15-32,46-47,50-51H,1-14,33-37H2/i23D,24D,37D2,46D,47D,50D,51D. The van der Waals surface area contributed by atoms with Crippen molar-refractivity contribution in [2.24, 2.45) is 23.6 Å². The Bertz CT molecular complexity index is 2320. The van der Waals surface area contributed by atoms with Crippen LogP contribution in [0.3, 0.4) is 0 Å². The van der Waals surface area contributed by atoms with E-state index in [2.05, 4.69) is 12.1 Å². The zero-order chi connectivity index (χ0) is 49.7.